The molecule has 0 bridgehead atoms. The van der Waals surface area contributed by atoms with Gasteiger partial charge in [0.05, 0.1) is 27.7 Å². The van der Waals surface area contributed by atoms with Gasteiger partial charge in [-0.25, -0.2) is 18.1 Å². The maximum absolute atomic E-state index is 11.7. The lowest BCUT2D eigenvalue weighted by atomic mass is 10.3. The summed E-state index contributed by atoms with van der Waals surface area (Å²) in [6.07, 6.45) is 2.05. The van der Waals surface area contributed by atoms with Crippen LogP contribution in [0.15, 0.2) is 33.5 Å². The number of nitrogens with two attached hydrogens (primary N) is 1. The standard InChI is InChI=1S/C13H12ClN7O6S3/c1-29(23,24)20-11(22)5-21-12(15)8(4-16-21)18-19-13-17-7-2-6(14)10(30(25,26)27)3-9(7)28-13/h2-4H,5,15H2,1H3,(H,20,22)(H,25,26,27). The lowest BCUT2D eigenvalue weighted by Gasteiger charge is -2.04. The zero-order valence-corrected chi connectivity index (χ0v) is 18.0. The molecule has 13 nitrogen and oxygen atoms in total. The number of halogens is 1. The van der Waals surface area contributed by atoms with E-state index < -0.39 is 37.5 Å². The number of nitrogens with zero attached hydrogens (tertiary/aromatic N) is 5. The summed E-state index contributed by atoms with van der Waals surface area (Å²) < 4.78 is 57.2. The number of amides is 1. The van der Waals surface area contributed by atoms with Gasteiger partial charge in [-0.05, 0) is 12.1 Å². The molecule has 0 aliphatic heterocycles. The number of thiazole rings is 1. The number of carbonyl (C=O) groups excluding carboxylic acids is 1. The van der Waals surface area contributed by atoms with Crippen LogP contribution in [0.2, 0.25) is 5.02 Å². The molecule has 160 valence electrons. The van der Waals surface area contributed by atoms with Gasteiger partial charge in [-0.15, -0.1) is 10.2 Å². The van der Waals surface area contributed by atoms with Gasteiger partial charge < -0.3 is 5.73 Å². The molecule has 1 aromatic carbocycles. The minimum atomic E-state index is -4.50. The molecule has 4 N–H and O–H groups in total. The van der Waals surface area contributed by atoms with E-state index in [0.717, 1.165) is 28.3 Å². The van der Waals surface area contributed by atoms with E-state index >= 15 is 0 Å². The van der Waals surface area contributed by atoms with Crippen molar-refractivity contribution in [3.05, 3.63) is 23.4 Å². The second-order valence-electron chi connectivity index (χ2n) is 5.79. The van der Waals surface area contributed by atoms with Gasteiger partial charge in [-0.3, -0.25) is 14.1 Å². The third-order valence-corrected chi connectivity index (χ3v) is 6.22. The third-order valence-electron chi connectivity index (χ3n) is 3.40. The lowest BCUT2D eigenvalue weighted by molar-refractivity contribution is -0.120. The summed E-state index contributed by atoms with van der Waals surface area (Å²) in [4.78, 5) is 15.3. The van der Waals surface area contributed by atoms with Gasteiger partial charge in [-0.2, -0.15) is 13.5 Å². The van der Waals surface area contributed by atoms with Crippen LogP contribution in [0.1, 0.15) is 0 Å². The van der Waals surface area contributed by atoms with Crippen LogP contribution in [0.25, 0.3) is 10.2 Å². The SMILES string of the molecule is CS(=O)(=O)NC(=O)Cn1ncc(N=Nc2nc3cc(Cl)c(S(=O)(=O)O)cc3s2)c1N. The second kappa shape index (κ2) is 7.88. The normalized spacial score (nSPS) is 12.6. The summed E-state index contributed by atoms with van der Waals surface area (Å²) in [5, 5.41) is 11.6. The Morgan fingerprint density at radius 2 is 2.03 bits per heavy atom. The fourth-order valence-electron chi connectivity index (χ4n) is 2.22. The number of fused-ring (bicyclic) bond motifs is 1. The zero-order chi connectivity index (χ0) is 22.3. The number of hydrogen-bond donors (Lipinski definition) is 3. The number of aromatic nitrogens is 3. The van der Waals surface area contributed by atoms with E-state index in [9.17, 15) is 26.2 Å². The Labute approximate surface area is 178 Å². The zero-order valence-electron chi connectivity index (χ0n) is 14.8. The molecule has 0 fully saturated rings. The quantitative estimate of drug-likeness (QED) is 0.335. The number of sulfonamides is 1. The van der Waals surface area contributed by atoms with Gasteiger partial charge in [0.25, 0.3) is 16.0 Å². The van der Waals surface area contributed by atoms with E-state index in [4.69, 9.17) is 17.3 Å². The summed E-state index contributed by atoms with van der Waals surface area (Å²) in [6.45, 7) is -0.452. The number of azo groups is 1. The van der Waals surface area contributed by atoms with Gasteiger partial charge in [-0.1, -0.05) is 22.9 Å². The van der Waals surface area contributed by atoms with Crippen LogP contribution in [0.5, 0.6) is 0 Å². The highest BCUT2D eigenvalue weighted by atomic mass is 35.5. The Hall–Kier alpha value is -2.66. The number of anilines is 1. The van der Waals surface area contributed by atoms with E-state index in [0.29, 0.717) is 10.2 Å². The molecule has 2 aromatic heterocycles. The van der Waals surface area contributed by atoms with Crippen LogP contribution < -0.4 is 10.5 Å². The number of rotatable bonds is 6. The molecule has 3 aromatic rings. The summed E-state index contributed by atoms with van der Waals surface area (Å²) >= 11 is 6.83. The Morgan fingerprint density at radius 1 is 1.33 bits per heavy atom. The van der Waals surface area contributed by atoms with Crippen LogP contribution in [0, 0.1) is 0 Å². The molecule has 0 aliphatic carbocycles. The molecule has 17 heteroatoms. The van der Waals surface area contributed by atoms with Crippen molar-refractivity contribution in [2.75, 3.05) is 12.0 Å². The molecule has 1 amide bonds. The van der Waals surface area contributed by atoms with Gasteiger partial charge in [0.2, 0.25) is 15.2 Å². The fourth-order valence-corrected chi connectivity index (χ4v) is 4.60. The van der Waals surface area contributed by atoms with E-state index in [1.807, 2.05) is 0 Å². The lowest BCUT2D eigenvalue weighted by Crippen LogP contribution is -2.32. The van der Waals surface area contributed by atoms with Crippen molar-refractivity contribution in [2.24, 2.45) is 10.2 Å². The van der Waals surface area contributed by atoms with Crippen molar-refractivity contribution < 1.29 is 26.2 Å². The van der Waals surface area contributed by atoms with Crippen LogP contribution in [-0.4, -0.2) is 48.3 Å². The molecule has 30 heavy (non-hydrogen) atoms. The van der Waals surface area contributed by atoms with Crippen molar-refractivity contribution in [1.29, 1.82) is 0 Å². The van der Waals surface area contributed by atoms with Gasteiger partial charge >= 0.3 is 0 Å². The highest BCUT2D eigenvalue weighted by Crippen LogP contribution is 2.35. The van der Waals surface area contributed by atoms with E-state index in [2.05, 4.69) is 20.3 Å². The topological polar surface area (TPSA) is 199 Å². The third kappa shape index (κ3) is 5.08. The van der Waals surface area contributed by atoms with Crippen LogP contribution >= 0.6 is 22.9 Å². The first-order valence-electron chi connectivity index (χ1n) is 7.65. The minimum absolute atomic E-state index is 0.0415. The van der Waals surface area contributed by atoms with Crippen LogP contribution in [0.4, 0.5) is 16.6 Å². The Morgan fingerprint density at radius 3 is 2.67 bits per heavy atom. The van der Waals surface area contributed by atoms with Crippen molar-refractivity contribution in [2.45, 2.75) is 11.4 Å². The molecule has 0 saturated carbocycles. The maximum Gasteiger partial charge on any atom is 0.296 e. The van der Waals surface area contributed by atoms with E-state index in [-0.39, 0.29) is 21.7 Å². The molecule has 0 atom stereocenters. The number of carbonyl (C=O) groups is 1. The first-order chi connectivity index (χ1) is 13.8. The number of nitrogens with one attached hydrogen (secondary N) is 1. The molecule has 3 rings (SSSR count). The summed E-state index contributed by atoms with van der Waals surface area (Å²) in [5.74, 6) is -0.881. The smallest absolute Gasteiger partial charge is 0.296 e. The Bertz CT molecular complexity index is 1390. The number of hydrogen-bond acceptors (Lipinski definition) is 11. The van der Waals surface area contributed by atoms with Crippen molar-refractivity contribution in [3.63, 3.8) is 0 Å². The van der Waals surface area contributed by atoms with E-state index in [1.54, 1.807) is 4.72 Å². The number of benzene rings is 1. The predicted molar refractivity (Wildman–Crippen MR) is 108 cm³/mol. The molecule has 0 saturated heterocycles. The van der Waals surface area contributed by atoms with Crippen molar-refractivity contribution >= 4 is 75.8 Å². The van der Waals surface area contributed by atoms with Crippen LogP contribution in [0.3, 0.4) is 0 Å². The molecular weight excluding hydrogens is 482 g/mol. The Balaban J connectivity index is 1.83. The molecule has 0 spiro atoms. The molecule has 0 radical (unpaired) electrons. The molecule has 0 aliphatic rings. The van der Waals surface area contributed by atoms with Crippen molar-refractivity contribution in [1.82, 2.24) is 19.5 Å². The van der Waals surface area contributed by atoms with Crippen molar-refractivity contribution in [3.8, 4) is 0 Å². The van der Waals surface area contributed by atoms with Gasteiger partial charge in [0.15, 0.2) is 0 Å². The van der Waals surface area contributed by atoms with Gasteiger partial charge in [0, 0.05) is 0 Å². The minimum Gasteiger partial charge on any atom is -0.382 e. The van der Waals surface area contributed by atoms with E-state index in [1.165, 1.54) is 12.3 Å². The summed E-state index contributed by atoms with van der Waals surface area (Å²) in [5.41, 5.74) is 6.27. The summed E-state index contributed by atoms with van der Waals surface area (Å²) in [7, 11) is -8.22. The molecular formula is C13H12ClN7O6S3. The largest absolute Gasteiger partial charge is 0.382 e. The first kappa shape index (κ1) is 22.0. The number of nitrogen functional groups attached to an aromatic ring is 1. The van der Waals surface area contributed by atoms with Crippen LogP contribution in [-0.2, 0) is 31.5 Å². The monoisotopic (exact) mass is 493 g/mol. The second-order valence-corrected chi connectivity index (χ2v) is 10.3. The van der Waals surface area contributed by atoms with Gasteiger partial charge in [0.1, 0.15) is 22.9 Å². The fraction of sp³-hybridized carbons (Fsp3) is 0.154. The first-order valence-corrected chi connectivity index (χ1v) is 12.2. The Kier molecular flexibility index (Phi) is 5.79. The molecule has 2 heterocycles. The molecule has 0 unspecified atom stereocenters. The summed E-state index contributed by atoms with van der Waals surface area (Å²) in [6, 6.07) is 2.43. The average Bonchev–Trinajstić information content (AvgIpc) is 3.13. The highest BCUT2D eigenvalue weighted by molar-refractivity contribution is 7.89. The maximum atomic E-state index is 11.7. The average molecular weight is 494 g/mol. The predicted octanol–water partition coefficient (Wildman–Crippen LogP) is 1.47. The highest BCUT2D eigenvalue weighted by Gasteiger charge is 2.18.